The van der Waals surface area contributed by atoms with Crippen LogP contribution in [0.3, 0.4) is 0 Å². The number of aromatic carboxylic acids is 1. The quantitative estimate of drug-likeness (QED) is 0.894. The molecule has 0 aliphatic carbocycles. The highest BCUT2D eigenvalue weighted by Crippen LogP contribution is 2.25. The molecule has 2 rings (SSSR count). The molecule has 0 bridgehead atoms. The molecule has 4 nitrogen and oxygen atoms in total. The summed E-state index contributed by atoms with van der Waals surface area (Å²) in [7, 11) is 0. The van der Waals surface area contributed by atoms with Crippen molar-refractivity contribution in [2.24, 2.45) is 0 Å². The van der Waals surface area contributed by atoms with Crippen LogP contribution in [0.25, 0.3) is 0 Å². The van der Waals surface area contributed by atoms with Crippen LogP contribution in [0, 0.1) is 0 Å². The summed E-state index contributed by atoms with van der Waals surface area (Å²) in [5.74, 6) is -1.34. The highest BCUT2D eigenvalue weighted by Gasteiger charge is 2.30. The van der Waals surface area contributed by atoms with E-state index in [4.69, 9.17) is 5.11 Å². The van der Waals surface area contributed by atoms with Crippen LogP contribution in [0.15, 0.2) is 48.5 Å². The van der Waals surface area contributed by atoms with Gasteiger partial charge in [0.25, 0.3) is 0 Å². The predicted octanol–water partition coefficient (Wildman–Crippen LogP) is 4.03. The third-order valence-corrected chi connectivity index (χ3v) is 2.51. The molecule has 0 fully saturated rings. The van der Waals surface area contributed by atoms with Gasteiger partial charge in [-0.25, -0.2) is 4.79 Å². The number of halogens is 3. The zero-order valence-corrected chi connectivity index (χ0v) is 10.5. The summed E-state index contributed by atoms with van der Waals surface area (Å²) < 4.78 is 39.8. The molecule has 0 aliphatic rings. The van der Waals surface area contributed by atoms with Crippen molar-refractivity contribution < 1.29 is 27.8 Å². The van der Waals surface area contributed by atoms with Crippen molar-refractivity contribution in [3.8, 4) is 5.75 Å². The van der Waals surface area contributed by atoms with E-state index in [1.165, 1.54) is 36.4 Å². The molecule has 0 radical (unpaired) electrons. The van der Waals surface area contributed by atoms with Gasteiger partial charge in [0, 0.05) is 11.4 Å². The molecule has 0 aromatic heterocycles. The van der Waals surface area contributed by atoms with E-state index < -0.39 is 12.3 Å². The lowest BCUT2D eigenvalue weighted by atomic mass is 10.2. The van der Waals surface area contributed by atoms with E-state index in [0.29, 0.717) is 11.4 Å². The number of carboxylic acid groups (broad SMARTS) is 1. The van der Waals surface area contributed by atoms with Crippen LogP contribution in [0.2, 0.25) is 0 Å². The maximum Gasteiger partial charge on any atom is 0.573 e. The zero-order chi connectivity index (χ0) is 15.5. The van der Waals surface area contributed by atoms with Gasteiger partial charge in [0.15, 0.2) is 0 Å². The topological polar surface area (TPSA) is 58.6 Å². The summed E-state index contributed by atoms with van der Waals surface area (Å²) >= 11 is 0. The maximum atomic E-state index is 12.0. The molecule has 21 heavy (non-hydrogen) atoms. The van der Waals surface area contributed by atoms with Gasteiger partial charge in [-0.2, -0.15) is 0 Å². The number of carbonyl (C=O) groups is 1. The summed E-state index contributed by atoms with van der Waals surface area (Å²) in [5, 5.41) is 11.7. The smallest absolute Gasteiger partial charge is 0.478 e. The Kier molecular flexibility index (Phi) is 4.02. The molecule has 0 aliphatic heterocycles. The first-order chi connectivity index (χ1) is 9.83. The standard InChI is InChI=1S/C14H10F3NO3/c15-14(16,17)21-12-7-5-11(6-8-12)18-10-3-1-9(2-4-10)13(19)20/h1-8,18H,(H,19,20). The Balaban J connectivity index is 2.04. The van der Waals surface area contributed by atoms with Gasteiger partial charge in [-0.05, 0) is 48.5 Å². The van der Waals surface area contributed by atoms with Gasteiger partial charge in [-0.1, -0.05) is 0 Å². The van der Waals surface area contributed by atoms with Crippen LogP contribution in [0.1, 0.15) is 10.4 Å². The third kappa shape index (κ3) is 4.41. The van der Waals surface area contributed by atoms with Crippen LogP contribution in [-0.2, 0) is 0 Å². The lowest BCUT2D eigenvalue weighted by Gasteiger charge is -2.10. The molecule has 0 atom stereocenters. The van der Waals surface area contributed by atoms with Gasteiger partial charge in [-0.15, -0.1) is 13.2 Å². The molecule has 0 amide bonds. The Hall–Kier alpha value is -2.70. The molecule has 0 heterocycles. The Morgan fingerprint density at radius 2 is 1.43 bits per heavy atom. The number of alkyl halides is 3. The first-order valence-corrected chi connectivity index (χ1v) is 5.80. The Labute approximate surface area is 117 Å². The molecule has 0 saturated carbocycles. The van der Waals surface area contributed by atoms with Crippen LogP contribution >= 0.6 is 0 Å². The second kappa shape index (κ2) is 5.74. The Bertz CT molecular complexity index is 621. The van der Waals surface area contributed by atoms with Crippen LogP contribution in [0.4, 0.5) is 24.5 Å². The van der Waals surface area contributed by atoms with E-state index in [2.05, 4.69) is 10.1 Å². The van der Waals surface area contributed by atoms with E-state index in [-0.39, 0.29) is 11.3 Å². The molecular formula is C14H10F3NO3. The van der Waals surface area contributed by atoms with Gasteiger partial charge in [0.1, 0.15) is 5.75 Å². The highest BCUT2D eigenvalue weighted by molar-refractivity contribution is 5.88. The summed E-state index contributed by atoms with van der Waals surface area (Å²) in [6, 6.07) is 11.2. The molecule has 110 valence electrons. The minimum atomic E-state index is -4.72. The van der Waals surface area contributed by atoms with Gasteiger partial charge in [0.2, 0.25) is 0 Å². The molecule has 0 saturated heterocycles. The number of hydrogen-bond acceptors (Lipinski definition) is 3. The Morgan fingerprint density at radius 1 is 0.952 bits per heavy atom. The first-order valence-electron chi connectivity index (χ1n) is 5.80. The molecule has 2 aromatic rings. The fourth-order valence-corrected chi connectivity index (χ4v) is 1.60. The van der Waals surface area contributed by atoms with Crippen molar-refractivity contribution in [3.63, 3.8) is 0 Å². The molecule has 2 aromatic carbocycles. The Morgan fingerprint density at radius 3 is 1.86 bits per heavy atom. The summed E-state index contributed by atoms with van der Waals surface area (Å²) in [4.78, 5) is 10.7. The molecule has 2 N–H and O–H groups in total. The van der Waals surface area contributed by atoms with Gasteiger partial charge < -0.3 is 15.2 Å². The van der Waals surface area contributed by atoms with Crippen molar-refractivity contribution in [3.05, 3.63) is 54.1 Å². The zero-order valence-electron chi connectivity index (χ0n) is 10.5. The van der Waals surface area contributed by atoms with E-state index in [1.54, 1.807) is 12.1 Å². The van der Waals surface area contributed by atoms with E-state index in [0.717, 1.165) is 0 Å². The minimum Gasteiger partial charge on any atom is -0.478 e. The van der Waals surface area contributed by atoms with Crippen LogP contribution in [-0.4, -0.2) is 17.4 Å². The number of carboxylic acids is 1. The fraction of sp³-hybridized carbons (Fsp3) is 0.0714. The van der Waals surface area contributed by atoms with E-state index in [1.807, 2.05) is 0 Å². The predicted molar refractivity (Wildman–Crippen MR) is 69.8 cm³/mol. The maximum absolute atomic E-state index is 12.0. The van der Waals surface area contributed by atoms with Crippen molar-refractivity contribution >= 4 is 17.3 Å². The number of nitrogens with one attached hydrogen (secondary N) is 1. The average Bonchev–Trinajstić information content (AvgIpc) is 2.40. The second-order valence-electron chi connectivity index (χ2n) is 4.08. The minimum absolute atomic E-state index is 0.148. The molecular weight excluding hydrogens is 287 g/mol. The largest absolute Gasteiger partial charge is 0.573 e. The van der Waals surface area contributed by atoms with Crippen molar-refractivity contribution in [2.45, 2.75) is 6.36 Å². The van der Waals surface area contributed by atoms with Gasteiger partial charge in [-0.3, -0.25) is 0 Å². The highest BCUT2D eigenvalue weighted by atomic mass is 19.4. The molecule has 7 heteroatoms. The number of rotatable bonds is 4. The second-order valence-corrected chi connectivity index (χ2v) is 4.08. The van der Waals surface area contributed by atoms with Crippen LogP contribution in [0.5, 0.6) is 5.75 Å². The SMILES string of the molecule is O=C(O)c1ccc(Nc2ccc(OC(F)(F)F)cc2)cc1. The van der Waals surface area contributed by atoms with Gasteiger partial charge in [0.05, 0.1) is 5.56 Å². The van der Waals surface area contributed by atoms with Crippen molar-refractivity contribution in [2.75, 3.05) is 5.32 Å². The number of benzene rings is 2. The van der Waals surface area contributed by atoms with Crippen molar-refractivity contribution in [1.82, 2.24) is 0 Å². The third-order valence-electron chi connectivity index (χ3n) is 2.51. The lowest BCUT2D eigenvalue weighted by molar-refractivity contribution is -0.274. The van der Waals surface area contributed by atoms with E-state index >= 15 is 0 Å². The fourth-order valence-electron chi connectivity index (χ4n) is 1.60. The monoisotopic (exact) mass is 297 g/mol. The number of anilines is 2. The normalized spacial score (nSPS) is 11.0. The summed E-state index contributed by atoms with van der Waals surface area (Å²) in [5.41, 5.74) is 1.31. The van der Waals surface area contributed by atoms with Crippen LogP contribution < -0.4 is 10.1 Å². The average molecular weight is 297 g/mol. The van der Waals surface area contributed by atoms with Gasteiger partial charge >= 0.3 is 12.3 Å². The number of hydrogen-bond donors (Lipinski definition) is 2. The summed E-state index contributed by atoms with van der Waals surface area (Å²) in [6.07, 6.45) is -4.72. The van der Waals surface area contributed by atoms with Crippen molar-refractivity contribution in [1.29, 1.82) is 0 Å². The molecule has 0 unspecified atom stereocenters. The number of ether oxygens (including phenoxy) is 1. The molecule has 0 spiro atoms. The lowest BCUT2D eigenvalue weighted by Crippen LogP contribution is -2.16. The summed E-state index contributed by atoms with van der Waals surface area (Å²) in [6.45, 7) is 0. The van der Waals surface area contributed by atoms with E-state index in [9.17, 15) is 18.0 Å². The first kappa shape index (κ1) is 14.7.